The molecule has 114 valence electrons. The Bertz CT molecular complexity index is 1000. The summed E-state index contributed by atoms with van der Waals surface area (Å²) < 4.78 is 0. The fourth-order valence-electron chi connectivity index (χ4n) is 2.68. The van der Waals surface area contributed by atoms with Gasteiger partial charge in [0, 0.05) is 40.5 Å². The molecule has 23 heavy (non-hydrogen) atoms. The van der Waals surface area contributed by atoms with Crippen molar-refractivity contribution in [1.29, 1.82) is 0 Å². The van der Waals surface area contributed by atoms with Crippen LogP contribution in [0.15, 0.2) is 49.1 Å². The Hall–Kier alpha value is -2.79. The lowest BCUT2D eigenvalue weighted by molar-refractivity contribution is 0.0784. The van der Waals surface area contributed by atoms with Crippen molar-refractivity contribution in [3.63, 3.8) is 0 Å². The van der Waals surface area contributed by atoms with Crippen LogP contribution in [0, 0.1) is 0 Å². The number of pyridine rings is 3. The van der Waals surface area contributed by atoms with E-state index in [0.29, 0.717) is 0 Å². The van der Waals surface area contributed by atoms with Gasteiger partial charge in [0.15, 0.2) is 0 Å². The SMILES string of the molecule is CC(C)(O)c1cnc2[nH]c3cnc(-c4cccnc4)cc3c2c1. The largest absolute Gasteiger partial charge is 0.386 e. The van der Waals surface area contributed by atoms with Crippen LogP contribution in [-0.2, 0) is 5.60 Å². The predicted molar refractivity (Wildman–Crippen MR) is 89.9 cm³/mol. The molecule has 0 aliphatic heterocycles. The zero-order chi connectivity index (χ0) is 16.0. The third-order valence-corrected chi connectivity index (χ3v) is 4.00. The molecule has 5 heteroatoms. The second kappa shape index (κ2) is 4.86. The van der Waals surface area contributed by atoms with Crippen LogP contribution in [-0.4, -0.2) is 25.0 Å². The summed E-state index contributed by atoms with van der Waals surface area (Å²) in [4.78, 5) is 16.3. The number of aromatic amines is 1. The Labute approximate surface area is 133 Å². The average Bonchev–Trinajstić information content (AvgIpc) is 2.92. The summed E-state index contributed by atoms with van der Waals surface area (Å²) in [5.74, 6) is 0. The minimum Gasteiger partial charge on any atom is -0.386 e. The molecule has 4 aromatic heterocycles. The number of aromatic nitrogens is 4. The smallest absolute Gasteiger partial charge is 0.138 e. The van der Waals surface area contributed by atoms with Crippen LogP contribution in [0.3, 0.4) is 0 Å². The topological polar surface area (TPSA) is 74.7 Å². The lowest BCUT2D eigenvalue weighted by atomic mass is 9.99. The molecule has 4 heterocycles. The minimum absolute atomic E-state index is 0.783. The Kier molecular flexibility index (Phi) is 2.92. The zero-order valence-electron chi connectivity index (χ0n) is 12.9. The zero-order valence-corrected chi connectivity index (χ0v) is 12.9. The van der Waals surface area contributed by atoms with Gasteiger partial charge in [0.2, 0.25) is 0 Å². The quantitative estimate of drug-likeness (QED) is 0.595. The molecule has 2 N–H and O–H groups in total. The summed E-state index contributed by atoms with van der Waals surface area (Å²) in [5.41, 5.74) is 3.40. The van der Waals surface area contributed by atoms with E-state index < -0.39 is 5.60 Å². The summed E-state index contributed by atoms with van der Waals surface area (Å²) >= 11 is 0. The van der Waals surface area contributed by atoms with Crippen molar-refractivity contribution in [2.75, 3.05) is 0 Å². The fraction of sp³-hybridized carbons (Fsp3) is 0.167. The van der Waals surface area contributed by atoms with Crippen molar-refractivity contribution >= 4 is 21.9 Å². The number of nitrogens with zero attached hydrogens (tertiary/aromatic N) is 3. The molecule has 4 rings (SSSR count). The number of hydrogen-bond acceptors (Lipinski definition) is 4. The van der Waals surface area contributed by atoms with E-state index in [0.717, 1.165) is 38.8 Å². The first kappa shape index (κ1) is 13.8. The number of rotatable bonds is 2. The highest BCUT2D eigenvalue weighted by Crippen LogP contribution is 2.30. The molecule has 0 saturated carbocycles. The van der Waals surface area contributed by atoms with Crippen molar-refractivity contribution in [1.82, 2.24) is 19.9 Å². The van der Waals surface area contributed by atoms with Gasteiger partial charge in [-0.1, -0.05) is 0 Å². The number of fused-ring (bicyclic) bond motifs is 3. The standard InChI is InChI=1S/C18H16N4O/c1-18(2,23)12-6-14-13-7-15(11-4-3-5-19-8-11)20-10-16(13)22-17(14)21-9-12/h3-10,23H,1-2H3,(H,21,22). The molecule has 0 spiro atoms. The molecule has 0 unspecified atom stereocenters. The van der Waals surface area contributed by atoms with Crippen LogP contribution < -0.4 is 0 Å². The van der Waals surface area contributed by atoms with Gasteiger partial charge in [-0.05, 0) is 38.1 Å². The van der Waals surface area contributed by atoms with Crippen LogP contribution in [0.5, 0.6) is 0 Å². The second-order valence-electron chi connectivity index (χ2n) is 6.16. The van der Waals surface area contributed by atoms with Crippen LogP contribution >= 0.6 is 0 Å². The molecule has 0 aliphatic rings. The maximum absolute atomic E-state index is 10.2. The van der Waals surface area contributed by atoms with Crippen molar-refractivity contribution < 1.29 is 5.11 Å². The average molecular weight is 304 g/mol. The Morgan fingerprint density at radius 1 is 1.04 bits per heavy atom. The molecule has 0 atom stereocenters. The maximum Gasteiger partial charge on any atom is 0.138 e. The van der Waals surface area contributed by atoms with Crippen LogP contribution in [0.25, 0.3) is 33.2 Å². The summed E-state index contributed by atoms with van der Waals surface area (Å²) in [6, 6.07) is 7.89. The molecule has 0 aromatic carbocycles. The van der Waals surface area contributed by atoms with Gasteiger partial charge in [0.25, 0.3) is 0 Å². The second-order valence-corrected chi connectivity index (χ2v) is 6.16. The third-order valence-electron chi connectivity index (χ3n) is 4.00. The van der Waals surface area contributed by atoms with Gasteiger partial charge in [-0.2, -0.15) is 0 Å². The molecule has 0 radical (unpaired) electrons. The first-order valence-electron chi connectivity index (χ1n) is 7.43. The van der Waals surface area contributed by atoms with E-state index in [9.17, 15) is 5.11 Å². The molecule has 0 amide bonds. The van der Waals surface area contributed by atoms with Crippen molar-refractivity contribution in [2.45, 2.75) is 19.4 Å². The van der Waals surface area contributed by atoms with Crippen molar-refractivity contribution in [3.05, 3.63) is 54.6 Å². The molecule has 4 aromatic rings. The van der Waals surface area contributed by atoms with Gasteiger partial charge in [0.05, 0.1) is 23.0 Å². The highest BCUT2D eigenvalue weighted by atomic mass is 16.3. The van der Waals surface area contributed by atoms with Crippen molar-refractivity contribution in [2.24, 2.45) is 0 Å². The number of aliphatic hydroxyl groups is 1. The van der Waals surface area contributed by atoms with Gasteiger partial charge >= 0.3 is 0 Å². The van der Waals surface area contributed by atoms with E-state index >= 15 is 0 Å². The first-order valence-corrected chi connectivity index (χ1v) is 7.43. The number of hydrogen-bond donors (Lipinski definition) is 2. The lowest BCUT2D eigenvalue weighted by Crippen LogP contribution is -2.15. The molecule has 5 nitrogen and oxygen atoms in total. The van der Waals surface area contributed by atoms with Gasteiger partial charge in [0.1, 0.15) is 5.65 Å². The van der Waals surface area contributed by atoms with Gasteiger partial charge in [-0.3, -0.25) is 9.97 Å². The Morgan fingerprint density at radius 3 is 2.65 bits per heavy atom. The minimum atomic E-state index is -0.927. The van der Waals surface area contributed by atoms with Crippen LogP contribution in [0.1, 0.15) is 19.4 Å². The number of nitrogens with one attached hydrogen (secondary N) is 1. The van der Waals surface area contributed by atoms with E-state index in [1.807, 2.05) is 30.5 Å². The summed E-state index contributed by atoms with van der Waals surface area (Å²) in [5, 5.41) is 12.2. The summed E-state index contributed by atoms with van der Waals surface area (Å²) in [6.45, 7) is 3.51. The van der Waals surface area contributed by atoms with Crippen molar-refractivity contribution in [3.8, 4) is 11.3 Å². The van der Waals surface area contributed by atoms with Crippen LogP contribution in [0.4, 0.5) is 0 Å². The van der Waals surface area contributed by atoms with E-state index in [4.69, 9.17) is 0 Å². The van der Waals surface area contributed by atoms with E-state index in [-0.39, 0.29) is 0 Å². The molecule has 0 fully saturated rings. The molecular formula is C18H16N4O. The van der Waals surface area contributed by atoms with E-state index in [1.54, 1.807) is 32.4 Å². The third kappa shape index (κ3) is 2.35. The molecule has 0 saturated heterocycles. The molecular weight excluding hydrogens is 288 g/mol. The van der Waals surface area contributed by atoms with E-state index in [1.165, 1.54) is 0 Å². The van der Waals surface area contributed by atoms with Gasteiger partial charge in [-0.15, -0.1) is 0 Å². The predicted octanol–water partition coefficient (Wildman–Crippen LogP) is 3.40. The highest BCUT2D eigenvalue weighted by molar-refractivity contribution is 6.06. The summed E-state index contributed by atoms with van der Waals surface area (Å²) in [7, 11) is 0. The molecule has 0 aliphatic carbocycles. The highest BCUT2D eigenvalue weighted by Gasteiger charge is 2.18. The van der Waals surface area contributed by atoms with Gasteiger partial charge in [-0.25, -0.2) is 4.98 Å². The summed E-state index contributed by atoms with van der Waals surface area (Å²) in [6.07, 6.45) is 7.05. The van der Waals surface area contributed by atoms with E-state index in [2.05, 4.69) is 19.9 Å². The Morgan fingerprint density at radius 2 is 1.91 bits per heavy atom. The maximum atomic E-state index is 10.2. The van der Waals surface area contributed by atoms with Crippen LogP contribution in [0.2, 0.25) is 0 Å². The normalized spacial score (nSPS) is 12.1. The number of H-pyrrole nitrogens is 1. The first-order chi connectivity index (χ1) is 11.0. The molecule has 0 bridgehead atoms. The Balaban J connectivity index is 1.97. The van der Waals surface area contributed by atoms with Gasteiger partial charge < -0.3 is 10.1 Å². The fourth-order valence-corrected chi connectivity index (χ4v) is 2.68. The monoisotopic (exact) mass is 304 g/mol. The lowest BCUT2D eigenvalue weighted by Gasteiger charge is -2.16.